The molecule has 0 bridgehead atoms. The van der Waals surface area contributed by atoms with Gasteiger partial charge in [0.1, 0.15) is 5.75 Å². The largest absolute Gasteiger partial charge is 0.497 e. The van der Waals surface area contributed by atoms with Crippen molar-refractivity contribution >= 4 is 11.9 Å². The van der Waals surface area contributed by atoms with E-state index in [0.717, 1.165) is 5.75 Å². The van der Waals surface area contributed by atoms with Gasteiger partial charge in [0.2, 0.25) is 0 Å². The maximum Gasteiger partial charge on any atom is 0.310 e. The molecule has 15 heavy (non-hydrogen) atoms. The summed E-state index contributed by atoms with van der Waals surface area (Å²) < 4.78 is 8.89. The van der Waals surface area contributed by atoms with Gasteiger partial charge in [-0.1, -0.05) is 18.2 Å². The molecule has 4 heteroatoms. The molecule has 0 aliphatic carbocycles. The van der Waals surface area contributed by atoms with Gasteiger partial charge in [-0.15, -0.1) is 0 Å². The van der Waals surface area contributed by atoms with E-state index in [-0.39, 0.29) is 0 Å². The van der Waals surface area contributed by atoms with Crippen molar-refractivity contribution in [2.45, 2.75) is 13.8 Å². The molecule has 0 saturated carbocycles. The van der Waals surface area contributed by atoms with Crippen LogP contribution in [0.3, 0.4) is 0 Å². The Kier molecular flexibility index (Phi) is 6.63. The zero-order valence-electron chi connectivity index (χ0n) is 9.02. The zero-order chi connectivity index (χ0) is 11.7. The number of methoxy groups -OCH3 is 1. The number of benzene rings is 1. The van der Waals surface area contributed by atoms with Crippen LogP contribution in [0.25, 0.3) is 0 Å². The summed E-state index contributed by atoms with van der Waals surface area (Å²) >= 11 is 0. The van der Waals surface area contributed by atoms with Gasteiger partial charge in [-0.25, -0.2) is 0 Å². The van der Waals surface area contributed by atoms with Crippen LogP contribution in [-0.4, -0.2) is 19.0 Å². The Labute approximate surface area is 88.8 Å². The van der Waals surface area contributed by atoms with Crippen LogP contribution in [0.4, 0.5) is 0 Å². The standard InChI is InChI=1S/C7H8O.C4H6O3/c1-8-7-5-3-2-4-6-7;1-3(5)7-4(2)6/h2-6H,1H3;1-2H3. The molecule has 0 heterocycles. The maximum absolute atomic E-state index is 9.81. The lowest BCUT2D eigenvalue weighted by molar-refractivity contribution is -0.156. The summed E-state index contributed by atoms with van der Waals surface area (Å²) in [6.07, 6.45) is 0. The lowest BCUT2D eigenvalue weighted by Crippen LogP contribution is -2.03. The predicted molar refractivity (Wildman–Crippen MR) is 55.4 cm³/mol. The summed E-state index contributed by atoms with van der Waals surface area (Å²) in [6.45, 7) is 2.36. The van der Waals surface area contributed by atoms with Crippen molar-refractivity contribution in [2.75, 3.05) is 7.11 Å². The van der Waals surface area contributed by atoms with Gasteiger partial charge in [-0.2, -0.15) is 0 Å². The molecule has 0 N–H and O–H groups in total. The molecule has 0 fully saturated rings. The third-order valence-electron chi connectivity index (χ3n) is 1.27. The van der Waals surface area contributed by atoms with Crippen LogP contribution >= 0.6 is 0 Å². The molecular weight excluding hydrogens is 196 g/mol. The second-order valence-electron chi connectivity index (χ2n) is 2.60. The molecule has 0 amide bonds. The highest BCUT2D eigenvalue weighted by molar-refractivity contribution is 5.82. The van der Waals surface area contributed by atoms with E-state index >= 15 is 0 Å². The molecule has 0 saturated heterocycles. The topological polar surface area (TPSA) is 52.6 Å². The van der Waals surface area contributed by atoms with E-state index in [1.165, 1.54) is 13.8 Å². The molecule has 0 spiro atoms. The van der Waals surface area contributed by atoms with Gasteiger partial charge in [0.25, 0.3) is 0 Å². The summed E-state index contributed by atoms with van der Waals surface area (Å²) in [4.78, 5) is 19.6. The third kappa shape index (κ3) is 8.49. The van der Waals surface area contributed by atoms with E-state index in [2.05, 4.69) is 4.74 Å². The average molecular weight is 210 g/mol. The lowest BCUT2D eigenvalue weighted by atomic mass is 10.3. The second-order valence-corrected chi connectivity index (χ2v) is 2.60. The van der Waals surface area contributed by atoms with Crippen LogP contribution < -0.4 is 4.74 Å². The molecule has 0 aromatic heterocycles. The first kappa shape index (κ1) is 13.2. The molecule has 0 unspecified atom stereocenters. The van der Waals surface area contributed by atoms with Crippen LogP contribution in [0.15, 0.2) is 30.3 Å². The number of hydrogen-bond acceptors (Lipinski definition) is 4. The molecule has 0 atom stereocenters. The summed E-state index contributed by atoms with van der Waals surface area (Å²) in [6, 6.07) is 9.68. The highest BCUT2D eigenvalue weighted by atomic mass is 16.6. The first-order chi connectivity index (χ1) is 7.06. The Morgan fingerprint density at radius 2 is 1.47 bits per heavy atom. The van der Waals surface area contributed by atoms with E-state index in [4.69, 9.17) is 4.74 Å². The highest BCUT2D eigenvalue weighted by Gasteiger charge is 1.93. The minimum Gasteiger partial charge on any atom is -0.497 e. The van der Waals surface area contributed by atoms with Gasteiger partial charge in [-0.05, 0) is 12.1 Å². The van der Waals surface area contributed by atoms with Gasteiger partial charge >= 0.3 is 11.9 Å². The molecular formula is C11H14O4. The number of rotatable bonds is 1. The Morgan fingerprint density at radius 3 is 1.67 bits per heavy atom. The third-order valence-corrected chi connectivity index (χ3v) is 1.27. The Hall–Kier alpha value is -1.84. The number of hydrogen-bond donors (Lipinski definition) is 0. The summed E-state index contributed by atoms with van der Waals surface area (Å²) in [5, 5.41) is 0. The monoisotopic (exact) mass is 210 g/mol. The van der Waals surface area contributed by atoms with E-state index in [9.17, 15) is 9.59 Å². The Morgan fingerprint density at radius 1 is 1.00 bits per heavy atom. The number of carbonyl (C=O) groups excluding carboxylic acids is 2. The summed E-state index contributed by atoms with van der Waals surface area (Å²) in [5.74, 6) is -0.215. The normalized spacial score (nSPS) is 8.20. The van der Waals surface area contributed by atoms with Crippen molar-refractivity contribution in [3.8, 4) is 5.75 Å². The molecule has 1 rings (SSSR count). The fourth-order valence-electron chi connectivity index (χ4n) is 0.759. The highest BCUT2D eigenvalue weighted by Crippen LogP contribution is 2.05. The van der Waals surface area contributed by atoms with Gasteiger partial charge < -0.3 is 9.47 Å². The minimum absolute atomic E-state index is 0.562. The SMILES string of the molecule is CC(=O)OC(C)=O.COc1ccccc1. The average Bonchev–Trinajstić information content (AvgIpc) is 2.18. The zero-order valence-corrected chi connectivity index (χ0v) is 9.02. The molecule has 4 nitrogen and oxygen atoms in total. The van der Waals surface area contributed by atoms with Crippen LogP contribution in [-0.2, 0) is 14.3 Å². The van der Waals surface area contributed by atoms with Crippen LogP contribution in [0.2, 0.25) is 0 Å². The molecule has 1 aromatic carbocycles. The Bertz CT molecular complexity index is 294. The first-order valence-electron chi connectivity index (χ1n) is 4.34. The molecule has 82 valence electrons. The quantitative estimate of drug-likeness (QED) is 0.523. The smallest absolute Gasteiger partial charge is 0.310 e. The molecule has 0 aliphatic rings. The number of ether oxygens (including phenoxy) is 2. The van der Waals surface area contributed by atoms with E-state index in [1.807, 2.05) is 30.3 Å². The fraction of sp³-hybridized carbons (Fsp3) is 0.273. The number of esters is 2. The van der Waals surface area contributed by atoms with Crippen LogP contribution in [0.5, 0.6) is 5.75 Å². The first-order valence-corrected chi connectivity index (χ1v) is 4.34. The van der Waals surface area contributed by atoms with Crippen molar-refractivity contribution in [3.63, 3.8) is 0 Å². The van der Waals surface area contributed by atoms with Crippen molar-refractivity contribution in [1.29, 1.82) is 0 Å². The van der Waals surface area contributed by atoms with Crippen LogP contribution in [0.1, 0.15) is 13.8 Å². The van der Waals surface area contributed by atoms with Crippen LogP contribution in [0, 0.1) is 0 Å². The fourth-order valence-corrected chi connectivity index (χ4v) is 0.759. The van der Waals surface area contributed by atoms with Crippen molar-refractivity contribution in [1.82, 2.24) is 0 Å². The predicted octanol–water partition coefficient (Wildman–Crippen LogP) is 1.79. The number of carbonyl (C=O) groups is 2. The Balaban J connectivity index is 0.000000265. The molecule has 0 radical (unpaired) electrons. The second kappa shape index (κ2) is 7.55. The van der Waals surface area contributed by atoms with E-state index < -0.39 is 11.9 Å². The van der Waals surface area contributed by atoms with Gasteiger partial charge in [0, 0.05) is 13.8 Å². The van der Waals surface area contributed by atoms with Gasteiger partial charge in [0.15, 0.2) is 0 Å². The number of para-hydroxylation sites is 1. The minimum atomic E-state index is -0.562. The van der Waals surface area contributed by atoms with E-state index in [0.29, 0.717) is 0 Å². The molecule has 1 aromatic rings. The summed E-state index contributed by atoms with van der Waals surface area (Å²) in [5.41, 5.74) is 0. The summed E-state index contributed by atoms with van der Waals surface area (Å²) in [7, 11) is 1.66. The van der Waals surface area contributed by atoms with Gasteiger partial charge in [-0.3, -0.25) is 9.59 Å². The maximum atomic E-state index is 9.81. The van der Waals surface area contributed by atoms with E-state index in [1.54, 1.807) is 7.11 Å². The molecule has 0 aliphatic heterocycles. The van der Waals surface area contributed by atoms with Crippen molar-refractivity contribution < 1.29 is 19.1 Å². The van der Waals surface area contributed by atoms with Crippen molar-refractivity contribution in [3.05, 3.63) is 30.3 Å². The van der Waals surface area contributed by atoms with Crippen molar-refractivity contribution in [2.24, 2.45) is 0 Å². The lowest BCUT2D eigenvalue weighted by Gasteiger charge is -1.93. The van der Waals surface area contributed by atoms with Gasteiger partial charge in [0.05, 0.1) is 7.11 Å².